The molecule has 2 N–H and O–H groups in total. The zero-order valence-corrected chi connectivity index (χ0v) is 12.3. The molecule has 1 unspecified atom stereocenters. The topological polar surface area (TPSA) is 32.3 Å². The maximum Gasteiger partial charge on any atom is 0.0928 e. The molecule has 0 bridgehead atoms. The third-order valence-electron chi connectivity index (χ3n) is 4.80. The first-order valence-corrected chi connectivity index (χ1v) is 6.82. The van der Waals surface area contributed by atoms with Crippen LogP contribution in [0.3, 0.4) is 0 Å². The Balaban J connectivity index is 1.95. The second kappa shape index (κ2) is 4.52. The molecule has 0 aromatic heterocycles. The molecule has 3 heteroatoms. The molecular weight excluding hydrogens is 246 g/mol. The first-order valence-electron chi connectivity index (χ1n) is 6.44. The van der Waals surface area contributed by atoms with E-state index in [0.717, 1.165) is 5.56 Å². The summed E-state index contributed by atoms with van der Waals surface area (Å²) in [6, 6.07) is 7.90. The van der Waals surface area contributed by atoms with Crippen LogP contribution in [0.2, 0.25) is 5.02 Å². The first kappa shape index (κ1) is 13.9. The number of aliphatic hydroxyl groups excluding tert-OH is 1. The average Bonchev–Trinajstić information content (AvgIpc) is 2.67. The fourth-order valence-electron chi connectivity index (χ4n) is 2.79. The van der Waals surface area contributed by atoms with Crippen LogP contribution in [0.25, 0.3) is 0 Å². The highest BCUT2D eigenvalue weighted by Crippen LogP contribution is 2.62. The Morgan fingerprint density at radius 2 is 1.78 bits per heavy atom. The molecule has 1 aliphatic rings. The molecule has 2 rings (SSSR count). The summed E-state index contributed by atoms with van der Waals surface area (Å²) in [5.74, 6) is 0. The van der Waals surface area contributed by atoms with Crippen molar-refractivity contribution in [3.05, 3.63) is 34.9 Å². The SMILES string of the molecule is CC1(C)C(NCC(O)c2ccccc2Cl)C1(C)C. The van der Waals surface area contributed by atoms with Crippen LogP contribution in [0, 0.1) is 10.8 Å². The lowest BCUT2D eigenvalue weighted by Crippen LogP contribution is -2.27. The highest BCUT2D eigenvalue weighted by atomic mass is 35.5. The van der Waals surface area contributed by atoms with Crippen LogP contribution < -0.4 is 5.32 Å². The highest BCUT2D eigenvalue weighted by molar-refractivity contribution is 6.31. The van der Waals surface area contributed by atoms with Gasteiger partial charge in [-0.1, -0.05) is 57.5 Å². The lowest BCUT2D eigenvalue weighted by atomic mass is 10.0. The van der Waals surface area contributed by atoms with Crippen molar-refractivity contribution >= 4 is 11.6 Å². The van der Waals surface area contributed by atoms with Gasteiger partial charge >= 0.3 is 0 Å². The van der Waals surface area contributed by atoms with E-state index in [1.807, 2.05) is 24.3 Å². The van der Waals surface area contributed by atoms with Crippen molar-refractivity contribution in [3.8, 4) is 0 Å². The van der Waals surface area contributed by atoms with Gasteiger partial charge in [-0.25, -0.2) is 0 Å². The summed E-state index contributed by atoms with van der Waals surface area (Å²) in [5, 5.41) is 14.3. The minimum atomic E-state index is -0.550. The minimum absolute atomic E-state index is 0.285. The Morgan fingerprint density at radius 3 is 2.28 bits per heavy atom. The van der Waals surface area contributed by atoms with Gasteiger partial charge in [-0.15, -0.1) is 0 Å². The van der Waals surface area contributed by atoms with Crippen LogP contribution in [0.1, 0.15) is 39.4 Å². The van der Waals surface area contributed by atoms with Crippen molar-refractivity contribution in [3.63, 3.8) is 0 Å². The zero-order valence-electron chi connectivity index (χ0n) is 11.5. The monoisotopic (exact) mass is 267 g/mol. The van der Waals surface area contributed by atoms with E-state index in [1.165, 1.54) is 0 Å². The lowest BCUT2D eigenvalue weighted by molar-refractivity contribution is 0.172. The Labute approximate surface area is 114 Å². The number of halogens is 1. The number of rotatable bonds is 4. The molecular formula is C15H22ClNO. The van der Waals surface area contributed by atoms with E-state index in [4.69, 9.17) is 11.6 Å². The Morgan fingerprint density at radius 1 is 1.22 bits per heavy atom. The van der Waals surface area contributed by atoms with Crippen molar-refractivity contribution in [2.45, 2.75) is 39.8 Å². The molecule has 100 valence electrons. The number of hydrogen-bond acceptors (Lipinski definition) is 2. The van der Waals surface area contributed by atoms with Crippen molar-refractivity contribution in [1.82, 2.24) is 5.32 Å². The van der Waals surface area contributed by atoms with E-state index in [1.54, 1.807) is 0 Å². The third-order valence-corrected chi connectivity index (χ3v) is 5.14. The van der Waals surface area contributed by atoms with Gasteiger partial charge < -0.3 is 10.4 Å². The summed E-state index contributed by atoms with van der Waals surface area (Å²) >= 11 is 6.07. The van der Waals surface area contributed by atoms with Crippen LogP contribution in [0.15, 0.2) is 24.3 Å². The van der Waals surface area contributed by atoms with Gasteiger partial charge in [0, 0.05) is 23.2 Å². The van der Waals surface area contributed by atoms with Gasteiger partial charge in [0.15, 0.2) is 0 Å². The normalized spacial score (nSPS) is 22.8. The molecule has 0 heterocycles. The van der Waals surface area contributed by atoms with Crippen LogP contribution in [0.4, 0.5) is 0 Å². The largest absolute Gasteiger partial charge is 0.387 e. The number of hydrogen-bond donors (Lipinski definition) is 2. The molecule has 1 saturated carbocycles. The van der Waals surface area contributed by atoms with Gasteiger partial charge in [0.05, 0.1) is 6.10 Å². The molecule has 0 amide bonds. The quantitative estimate of drug-likeness (QED) is 0.876. The summed E-state index contributed by atoms with van der Waals surface area (Å²) in [5.41, 5.74) is 1.36. The molecule has 2 nitrogen and oxygen atoms in total. The zero-order chi connectivity index (χ0) is 13.6. The molecule has 1 aromatic carbocycles. The van der Waals surface area contributed by atoms with E-state index < -0.39 is 6.10 Å². The van der Waals surface area contributed by atoms with E-state index >= 15 is 0 Å². The van der Waals surface area contributed by atoms with Crippen LogP contribution >= 0.6 is 11.6 Å². The summed E-state index contributed by atoms with van der Waals surface area (Å²) in [6.07, 6.45) is -0.550. The second-order valence-corrected chi connectivity index (χ2v) is 6.73. The molecule has 1 atom stereocenters. The van der Waals surface area contributed by atoms with Crippen molar-refractivity contribution in [2.75, 3.05) is 6.54 Å². The molecule has 0 saturated heterocycles. The summed E-state index contributed by atoms with van der Waals surface area (Å²) in [6.45, 7) is 9.57. The van der Waals surface area contributed by atoms with Gasteiger partial charge in [0.25, 0.3) is 0 Å². The molecule has 0 aliphatic heterocycles. The van der Waals surface area contributed by atoms with Gasteiger partial charge in [-0.2, -0.15) is 0 Å². The standard InChI is InChI=1S/C15H22ClNO/c1-14(2)13(15(14,3)4)17-9-12(18)10-7-5-6-8-11(10)16/h5-8,12-13,17-18H,9H2,1-4H3. The van der Waals surface area contributed by atoms with Crippen molar-refractivity contribution in [2.24, 2.45) is 10.8 Å². The Hall–Kier alpha value is -0.570. The first-order chi connectivity index (χ1) is 8.28. The predicted octanol–water partition coefficient (Wildman–Crippen LogP) is 3.40. The summed E-state index contributed by atoms with van der Waals surface area (Å²) in [4.78, 5) is 0. The third kappa shape index (κ3) is 2.18. The smallest absolute Gasteiger partial charge is 0.0928 e. The van der Waals surface area contributed by atoms with Gasteiger partial charge in [0.2, 0.25) is 0 Å². The number of nitrogens with one attached hydrogen (secondary N) is 1. The fourth-order valence-corrected chi connectivity index (χ4v) is 3.05. The molecule has 18 heavy (non-hydrogen) atoms. The fraction of sp³-hybridized carbons (Fsp3) is 0.600. The van der Waals surface area contributed by atoms with E-state index in [-0.39, 0.29) is 10.8 Å². The van der Waals surface area contributed by atoms with Crippen LogP contribution in [0.5, 0.6) is 0 Å². The molecule has 0 radical (unpaired) electrons. The molecule has 1 aliphatic carbocycles. The number of aliphatic hydroxyl groups is 1. The Bertz CT molecular complexity index is 428. The van der Waals surface area contributed by atoms with Crippen LogP contribution in [-0.4, -0.2) is 17.7 Å². The van der Waals surface area contributed by atoms with Gasteiger partial charge in [-0.3, -0.25) is 0 Å². The summed E-state index contributed by atoms with van der Waals surface area (Å²) < 4.78 is 0. The van der Waals surface area contributed by atoms with E-state index in [0.29, 0.717) is 17.6 Å². The van der Waals surface area contributed by atoms with E-state index in [9.17, 15) is 5.11 Å². The molecule has 0 spiro atoms. The summed E-state index contributed by atoms with van der Waals surface area (Å²) in [7, 11) is 0. The number of benzene rings is 1. The maximum atomic E-state index is 10.2. The Kier molecular flexibility index (Phi) is 3.48. The van der Waals surface area contributed by atoms with Crippen molar-refractivity contribution < 1.29 is 5.11 Å². The lowest BCUT2D eigenvalue weighted by Gasteiger charge is -2.14. The maximum absolute atomic E-state index is 10.2. The van der Waals surface area contributed by atoms with E-state index in [2.05, 4.69) is 33.0 Å². The van der Waals surface area contributed by atoms with Gasteiger partial charge in [-0.05, 0) is 16.9 Å². The molecule has 1 aromatic rings. The molecule has 1 fully saturated rings. The second-order valence-electron chi connectivity index (χ2n) is 6.32. The van der Waals surface area contributed by atoms with Crippen molar-refractivity contribution in [1.29, 1.82) is 0 Å². The minimum Gasteiger partial charge on any atom is -0.387 e. The van der Waals surface area contributed by atoms with Crippen LogP contribution in [-0.2, 0) is 0 Å². The average molecular weight is 268 g/mol. The predicted molar refractivity (Wildman–Crippen MR) is 75.8 cm³/mol. The highest BCUT2D eigenvalue weighted by Gasteiger charge is 2.64. The van der Waals surface area contributed by atoms with Gasteiger partial charge in [0.1, 0.15) is 0 Å².